The summed E-state index contributed by atoms with van der Waals surface area (Å²) in [5, 5.41) is 14.6. The van der Waals surface area contributed by atoms with Gasteiger partial charge in [-0.05, 0) is 31.0 Å². The Morgan fingerprint density at radius 2 is 1.94 bits per heavy atom. The molecule has 0 saturated heterocycles. The zero-order chi connectivity index (χ0) is 11.6. The Hall–Kier alpha value is -0.440. The first-order chi connectivity index (χ1) is 7.59. The molecule has 4 heteroatoms. The Bertz CT molecular complexity index is 375. The third-order valence-electron chi connectivity index (χ3n) is 3.07. The summed E-state index contributed by atoms with van der Waals surface area (Å²) in [7, 11) is 0. The summed E-state index contributed by atoms with van der Waals surface area (Å²) in [6.07, 6.45) is 3.94. The van der Waals surface area contributed by atoms with Gasteiger partial charge in [-0.25, -0.2) is 0 Å². The molecule has 0 aromatic heterocycles. The van der Waals surface area contributed by atoms with Gasteiger partial charge >= 0.3 is 0 Å². The lowest BCUT2D eigenvalue weighted by Gasteiger charge is -2.23. The topological polar surface area (TPSA) is 32.3 Å². The largest absolute Gasteiger partial charge is 0.388 e. The molecule has 16 heavy (non-hydrogen) atoms. The number of hydrogen-bond donors (Lipinski definition) is 2. The van der Waals surface area contributed by atoms with Crippen molar-refractivity contribution in [1.29, 1.82) is 0 Å². The van der Waals surface area contributed by atoms with Crippen molar-refractivity contribution >= 4 is 28.9 Å². The molecular weight excluding hydrogens is 245 g/mol. The van der Waals surface area contributed by atoms with Crippen LogP contribution in [0.4, 0.5) is 5.69 Å². The van der Waals surface area contributed by atoms with Gasteiger partial charge in [0.15, 0.2) is 0 Å². The second kappa shape index (κ2) is 4.82. The van der Waals surface area contributed by atoms with Crippen LogP contribution in [0.3, 0.4) is 0 Å². The SMILES string of the molecule is OC1(CNc2ccc(Cl)cc2Cl)CCCC1. The van der Waals surface area contributed by atoms with E-state index < -0.39 is 5.60 Å². The molecule has 88 valence electrons. The van der Waals surface area contributed by atoms with Crippen LogP contribution in [0.2, 0.25) is 10.0 Å². The zero-order valence-electron chi connectivity index (χ0n) is 8.97. The number of hydrogen-bond acceptors (Lipinski definition) is 2. The van der Waals surface area contributed by atoms with Gasteiger partial charge in [-0.1, -0.05) is 36.0 Å². The predicted octanol–water partition coefficient (Wildman–Crippen LogP) is 3.71. The molecule has 0 spiro atoms. The Morgan fingerprint density at radius 1 is 1.25 bits per heavy atom. The Kier molecular flexibility index (Phi) is 3.63. The lowest BCUT2D eigenvalue weighted by Crippen LogP contribution is -2.33. The van der Waals surface area contributed by atoms with Crippen LogP contribution in [0.5, 0.6) is 0 Å². The van der Waals surface area contributed by atoms with Crippen molar-refractivity contribution in [3.05, 3.63) is 28.2 Å². The number of anilines is 1. The van der Waals surface area contributed by atoms with Crippen molar-refractivity contribution in [2.45, 2.75) is 31.3 Å². The van der Waals surface area contributed by atoms with Crippen molar-refractivity contribution in [1.82, 2.24) is 0 Å². The first kappa shape index (κ1) is 12.0. The monoisotopic (exact) mass is 259 g/mol. The maximum absolute atomic E-state index is 10.2. The fraction of sp³-hybridized carbons (Fsp3) is 0.500. The van der Waals surface area contributed by atoms with Gasteiger partial charge in [-0.15, -0.1) is 0 Å². The average molecular weight is 260 g/mol. The second-order valence-electron chi connectivity index (χ2n) is 4.41. The van der Waals surface area contributed by atoms with E-state index in [2.05, 4.69) is 5.32 Å². The molecule has 2 nitrogen and oxygen atoms in total. The van der Waals surface area contributed by atoms with E-state index in [9.17, 15) is 5.11 Å². The summed E-state index contributed by atoms with van der Waals surface area (Å²) < 4.78 is 0. The lowest BCUT2D eigenvalue weighted by atomic mass is 10.0. The fourth-order valence-corrected chi connectivity index (χ4v) is 2.58. The minimum absolute atomic E-state index is 0.550. The maximum atomic E-state index is 10.2. The van der Waals surface area contributed by atoms with Crippen LogP contribution in [-0.4, -0.2) is 17.3 Å². The first-order valence-corrected chi connectivity index (χ1v) is 6.26. The molecule has 1 aliphatic rings. The first-order valence-electron chi connectivity index (χ1n) is 5.50. The smallest absolute Gasteiger partial charge is 0.0819 e. The van der Waals surface area contributed by atoms with Crippen molar-refractivity contribution in [3.8, 4) is 0 Å². The van der Waals surface area contributed by atoms with Gasteiger partial charge in [-0.3, -0.25) is 0 Å². The Morgan fingerprint density at radius 3 is 2.56 bits per heavy atom. The molecule has 2 N–H and O–H groups in total. The van der Waals surface area contributed by atoms with Crippen LogP contribution in [0.25, 0.3) is 0 Å². The number of benzene rings is 1. The third-order valence-corrected chi connectivity index (χ3v) is 3.62. The Labute approximate surface area is 106 Å². The summed E-state index contributed by atoms with van der Waals surface area (Å²) in [5.74, 6) is 0. The van der Waals surface area contributed by atoms with Gasteiger partial charge < -0.3 is 10.4 Å². The average Bonchev–Trinajstić information content (AvgIpc) is 2.64. The van der Waals surface area contributed by atoms with Crippen molar-refractivity contribution in [2.75, 3.05) is 11.9 Å². The zero-order valence-corrected chi connectivity index (χ0v) is 10.5. The second-order valence-corrected chi connectivity index (χ2v) is 5.25. The summed E-state index contributed by atoms with van der Waals surface area (Å²) in [4.78, 5) is 0. The molecule has 1 aliphatic carbocycles. The standard InChI is InChI=1S/C12H15Cl2NO/c13-9-3-4-11(10(14)7-9)15-8-12(16)5-1-2-6-12/h3-4,7,15-16H,1-2,5-6,8H2. The summed E-state index contributed by atoms with van der Waals surface area (Å²) in [6.45, 7) is 0.550. The number of rotatable bonds is 3. The quantitative estimate of drug-likeness (QED) is 0.868. The van der Waals surface area contributed by atoms with Gasteiger partial charge in [0.2, 0.25) is 0 Å². The third kappa shape index (κ3) is 2.82. The van der Waals surface area contributed by atoms with E-state index in [0.29, 0.717) is 16.6 Å². The van der Waals surface area contributed by atoms with E-state index in [4.69, 9.17) is 23.2 Å². The number of nitrogens with one attached hydrogen (secondary N) is 1. The van der Waals surface area contributed by atoms with E-state index in [-0.39, 0.29) is 0 Å². The molecule has 1 saturated carbocycles. The molecule has 0 bridgehead atoms. The molecule has 0 heterocycles. The molecule has 1 fully saturated rings. The van der Waals surface area contributed by atoms with Crippen LogP contribution in [0.15, 0.2) is 18.2 Å². The van der Waals surface area contributed by atoms with Gasteiger partial charge in [0.1, 0.15) is 0 Å². The van der Waals surface area contributed by atoms with Crippen LogP contribution in [0.1, 0.15) is 25.7 Å². The van der Waals surface area contributed by atoms with Crippen molar-refractivity contribution in [3.63, 3.8) is 0 Å². The molecule has 1 aromatic rings. The molecule has 0 amide bonds. The lowest BCUT2D eigenvalue weighted by molar-refractivity contribution is 0.0615. The molecule has 0 unspecified atom stereocenters. The van der Waals surface area contributed by atoms with Gasteiger partial charge in [0.05, 0.1) is 16.3 Å². The minimum atomic E-state index is -0.567. The van der Waals surface area contributed by atoms with E-state index in [1.54, 1.807) is 12.1 Å². The summed E-state index contributed by atoms with van der Waals surface area (Å²) >= 11 is 11.8. The van der Waals surface area contributed by atoms with Crippen molar-refractivity contribution in [2.24, 2.45) is 0 Å². The molecule has 2 rings (SSSR count). The maximum Gasteiger partial charge on any atom is 0.0819 e. The highest BCUT2D eigenvalue weighted by atomic mass is 35.5. The molecule has 0 aliphatic heterocycles. The number of halogens is 2. The van der Waals surface area contributed by atoms with Crippen LogP contribution >= 0.6 is 23.2 Å². The van der Waals surface area contributed by atoms with Gasteiger partial charge in [-0.2, -0.15) is 0 Å². The van der Waals surface area contributed by atoms with Gasteiger partial charge in [0.25, 0.3) is 0 Å². The van der Waals surface area contributed by atoms with Crippen LogP contribution < -0.4 is 5.32 Å². The summed E-state index contributed by atoms with van der Waals surface area (Å²) in [5.41, 5.74) is 0.259. The molecule has 1 aromatic carbocycles. The van der Waals surface area contributed by atoms with Crippen LogP contribution in [-0.2, 0) is 0 Å². The molecule has 0 radical (unpaired) electrons. The van der Waals surface area contributed by atoms with Crippen LogP contribution in [0, 0.1) is 0 Å². The van der Waals surface area contributed by atoms with E-state index >= 15 is 0 Å². The molecule has 0 atom stereocenters. The fourth-order valence-electron chi connectivity index (χ4n) is 2.10. The highest BCUT2D eigenvalue weighted by Gasteiger charge is 2.30. The van der Waals surface area contributed by atoms with E-state index in [0.717, 1.165) is 31.4 Å². The Balaban J connectivity index is 1.99. The predicted molar refractivity (Wildman–Crippen MR) is 68.4 cm³/mol. The van der Waals surface area contributed by atoms with E-state index in [1.807, 2.05) is 6.07 Å². The normalized spacial score (nSPS) is 18.7. The number of aliphatic hydroxyl groups is 1. The highest BCUT2D eigenvalue weighted by molar-refractivity contribution is 6.36. The van der Waals surface area contributed by atoms with E-state index in [1.165, 1.54) is 0 Å². The highest BCUT2D eigenvalue weighted by Crippen LogP contribution is 2.31. The minimum Gasteiger partial charge on any atom is -0.388 e. The van der Waals surface area contributed by atoms with Gasteiger partial charge in [0, 0.05) is 11.6 Å². The molecular formula is C12H15Cl2NO. The summed E-state index contributed by atoms with van der Waals surface area (Å²) in [6, 6.07) is 5.32. The van der Waals surface area contributed by atoms with Crippen molar-refractivity contribution < 1.29 is 5.11 Å².